The predicted molar refractivity (Wildman–Crippen MR) is 115 cm³/mol. The van der Waals surface area contributed by atoms with Crippen molar-refractivity contribution in [3.63, 3.8) is 0 Å². The highest BCUT2D eigenvalue weighted by Crippen LogP contribution is 2.22. The van der Waals surface area contributed by atoms with Gasteiger partial charge in [-0.25, -0.2) is 0 Å². The molecule has 1 N–H and O–H groups in total. The normalized spacial score (nSPS) is 11.3. The molecule has 0 aliphatic carbocycles. The van der Waals surface area contributed by atoms with Crippen LogP contribution < -0.4 is 9.50 Å². The zero-order valence-corrected chi connectivity index (χ0v) is 17.1. The van der Waals surface area contributed by atoms with E-state index >= 15 is 0 Å². The third-order valence-electron chi connectivity index (χ3n) is 3.95. The Morgan fingerprint density at radius 2 is 1.74 bits per heavy atom. The highest BCUT2D eigenvalue weighted by Gasteiger charge is 2.19. The smallest absolute Gasteiger partial charge is 0.339 e. The van der Waals surface area contributed by atoms with E-state index in [1.54, 1.807) is 42.6 Å². The summed E-state index contributed by atoms with van der Waals surface area (Å²) < 4.78 is 29.8. The van der Waals surface area contributed by atoms with Gasteiger partial charge in [-0.3, -0.25) is 19.9 Å². The Labute approximate surface area is 178 Å². The molecule has 0 unspecified atom stereocenters. The number of carbonyl (C=O) groups excluding carboxylic acids is 1. The van der Waals surface area contributed by atoms with Crippen LogP contribution in [0.1, 0.15) is 12.5 Å². The topological polar surface area (TPSA) is 128 Å². The molecular formula is C21H17N3O6S. The number of benzene rings is 3. The van der Waals surface area contributed by atoms with E-state index in [-0.39, 0.29) is 22.2 Å². The lowest BCUT2D eigenvalue weighted by atomic mass is 10.2. The molecule has 9 nitrogen and oxygen atoms in total. The summed E-state index contributed by atoms with van der Waals surface area (Å²) in [6, 6.07) is 17.7. The molecule has 1 amide bonds. The summed E-state index contributed by atoms with van der Waals surface area (Å²) in [4.78, 5) is 25.2. The van der Waals surface area contributed by atoms with Crippen LogP contribution >= 0.6 is 0 Å². The van der Waals surface area contributed by atoms with Crippen molar-refractivity contribution < 1.29 is 22.3 Å². The van der Waals surface area contributed by atoms with Crippen molar-refractivity contribution in [3.8, 4) is 5.75 Å². The van der Waals surface area contributed by atoms with Gasteiger partial charge in [-0.15, -0.1) is 0 Å². The molecule has 158 valence electrons. The van der Waals surface area contributed by atoms with Gasteiger partial charge in [0.05, 0.1) is 10.6 Å². The number of rotatable bonds is 7. The maximum atomic E-state index is 12.4. The van der Waals surface area contributed by atoms with E-state index in [1.807, 2.05) is 0 Å². The molecule has 0 atom stereocenters. The summed E-state index contributed by atoms with van der Waals surface area (Å²) in [6.45, 7) is 1.42. The fraction of sp³-hybridized carbons (Fsp3) is 0.0476. The zero-order valence-electron chi connectivity index (χ0n) is 16.3. The third kappa shape index (κ3) is 5.97. The van der Waals surface area contributed by atoms with Crippen LogP contribution in [0.2, 0.25) is 0 Å². The highest BCUT2D eigenvalue weighted by molar-refractivity contribution is 7.87. The SMILES string of the molecule is CC(=O)Nc1ccc(N=Cc2ccc(OS(=O)(=O)c3cccc([N+](=O)[O-])c3)cc2)cc1. The Balaban J connectivity index is 1.68. The maximum absolute atomic E-state index is 12.4. The molecular weight excluding hydrogens is 422 g/mol. The van der Waals surface area contributed by atoms with Crippen molar-refractivity contribution in [1.29, 1.82) is 0 Å². The first-order valence-electron chi connectivity index (χ1n) is 8.94. The Hall–Kier alpha value is -4.05. The molecule has 3 aromatic carbocycles. The molecule has 0 aliphatic heterocycles. The van der Waals surface area contributed by atoms with Crippen LogP contribution in [0.15, 0.2) is 82.7 Å². The number of anilines is 1. The van der Waals surface area contributed by atoms with Crippen molar-refractivity contribution >= 4 is 39.3 Å². The van der Waals surface area contributed by atoms with Crippen LogP contribution in [0.4, 0.5) is 17.1 Å². The number of nitrogens with zero attached hydrogens (tertiary/aromatic N) is 2. The molecule has 0 aliphatic rings. The second kappa shape index (κ2) is 9.18. The number of non-ortho nitro benzene ring substituents is 1. The quantitative estimate of drug-likeness (QED) is 0.256. The largest absolute Gasteiger partial charge is 0.379 e. The number of carbonyl (C=O) groups is 1. The van der Waals surface area contributed by atoms with E-state index in [4.69, 9.17) is 4.18 Å². The monoisotopic (exact) mass is 439 g/mol. The molecule has 0 bridgehead atoms. The minimum atomic E-state index is -4.22. The van der Waals surface area contributed by atoms with Crippen molar-refractivity contribution in [2.45, 2.75) is 11.8 Å². The number of amides is 1. The number of hydrogen-bond acceptors (Lipinski definition) is 7. The summed E-state index contributed by atoms with van der Waals surface area (Å²) >= 11 is 0. The van der Waals surface area contributed by atoms with Gasteiger partial charge in [-0.1, -0.05) is 6.07 Å². The average Bonchev–Trinajstić information content (AvgIpc) is 2.74. The van der Waals surface area contributed by atoms with E-state index in [1.165, 1.54) is 37.3 Å². The second-order valence-corrected chi connectivity index (χ2v) is 7.89. The van der Waals surface area contributed by atoms with Crippen LogP contribution in [0.25, 0.3) is 0 Å². The van der Waals surface area contributed by atoms with Gasteiger partial charge in [0, 0.05) is 31.0 Å². The van der Waals surface area contributed by atoms with E-state index in [2.05, 4.69) is 10.3 Å². The Bertz CT molecular complexity index is 1240. The first-order chi connectivity index (χ1) is 14.7. The zero-order chi connectivity index (χ0) is 22.4. The molecule has 0 saturated carbocycles. The number of aliphatic imine (C=N–C) groups is 1. The lowest BCUT2D eigenvalue weighted by Crippen LogP contribution is -2.10. The fourth-order valence-corrected chi connectivity index (χ4v) is 3.49. The summed E-state index contributed by atoms with van der Waals surface area (Å²) in [5.41, 5.74) is 1.69. The van der Waals surface area contributed by atoms with Gasteiger partial charge in [0.15, 0.2) is 0 Å². The fourth-order valence-electron chi connectivity index (χ4n) is 2.52. The van der Waals surface area contributed by atoms with Crippen LogP contribution in [-0.4, -0.2) is 25.5 Å². The summed E-state index contributed by atoms with van der Waals surface area (Å²) in [6.07, 6.45) is 1.59. The average molecular weight is 439 g/mol. The molecule has 0 aromatic heterocycles. The molecule has 10 heteroatoms. The highest BCUT2D eigenvalue weighted by atomic mass is 32.2. The Morgan fingerprint density at radius 1 is 1.06 bits per heavy atom. The van der Waals surface area contributed by atoms with Gasteiger partial charge in [0.2, 0.25) is 5.91 Å². The van der Waals surface area contributed by atoms with Crippen molar-refractivity contribution in [3.05, 3.63) is 88.5 Å². The lowest BCUT2D eigenvalue weighted by molar-refractivity contribution is -0.385. The lowest BCUT2D eigenvalue weighted by Gasteiger charge is -2.07. The third-order valence-corrected chi connectivity index (χ3v) is 5.20. The van der Waals surface area contributed by atoms with E-state index < -0.39 is 15.0 Å². The molecule has 0 fully saturated rings. The first-order valence-corrected chi connectivity index (χ1v) is 10.3. The first kappa shape index (κ1) is 21.7. The van der Waals surface area contributed by atoms with Gasteiger partial charge in [-0.2, -0.15) is 8.42 Å². The minimum Gasteiger partial charge on any atom is -0.379 e. The molecule has 0 saturated heterocycles. The Kier molecular flexibility index (Phi) is 6.41. The predicted octanol–water partition coefficient (Wildman–Crippen LogP) is 4.07. The number of hydrogen-bond donors (Lipinski definition) is 1. The van der Waals surface area contributed by atoms with Crippen LogP contribution in [0.3, 0.4) is 0 Å². The summed E-state index contributed by atoms with van der Waals surface area (Å²) in [7, 11) is -4.22. The van der Waals surface area contributed by atoms with Gasteiger partial charge in [-0.05, 0) is 60.2 Å². The van der Waals surface area contributed by atoms with E-state index in [0.29, 0.717) is 16.9 Å². The summed E-state index contributed by atoms with van der Waals surface area (Å²) in [5.74, 6) is -0.102. The Morgan fingerprint density at radius 3 is 2.35 bits per heavy atom. The molecule has 3 rings (SSSR count). The van der Waals surface area contributed by atoms with Gasteiger partial charge in [0.1, 0.15) is 10.6 Å². The number of nitro benzene ring substituents is 1. The van der Waals surface area contributed by atoms with Crippen LogP contribution in [0, 0.1) is 10.1 Å². The molecule has 0 heterocycles. The van der Waals surface area contributed by atoms with Crippen LogP contribution in [-0.2, 0) is 14.9 Å². The van der Waals surface area contributed by atoms with Gasteiger partial charge in [0.25, 0.3) is 5.69 Å². The van der Waals surface area contributed by atoms with Crippen molar-refractivity contribution in [2.75, 3.05) is 5.32 Å². The van der Waals surface area contributed by atoms with E-state index in [0.717, 1.165) is 6.07 Å². The maximum Gasteiger partial charge on any atom is 0.339 e. The molecule has 3 aromatic rings. The van der Waals surface area contributed by atoms with E-state index in [9.17, 15) is 23.3 Å². The summed E-state index contributed by atoms with van der Waals surface area (Å²) in [5, 5.41) is 13.5. The molecule has 0 radical (unpaired) electrons. The number of nitro groups is 1. The van der Waals surface area contributed by atoms with Crippen molar-refractivity contribution in [1.82, 2.24) is 0 Å². The molecule has 31 heavy (non-hydrogen) atoms. The second-order valence-electron chi connectivity index (χ2n) is 6.35. The standard InChI is InChI=1S/C21H17N3O6S/c1-15(25)23-18-9-7-17(8-10-18)22-14-16-5-11-20(12-6-16)30-31(28,29)21-4-2-3-19(13-21)24(26)27/h2-14H,1H3,(H,23,25). The molecule has 0 spiro atoms. The van der Waals surface area contributed by atoms with Crippen LogP contribution in [0.5, 0.6) is 5.75 Å². The van der Waals surface area contributed by atoms with Crippen molar-refractivity contribution in [2.24, 2.45) is 4.99 Å². The van der Waals surface area contributed by atoms with Gasteiger partial charge < -0.3 is 9.50 Å². The number of nitrogens with one attached hydrogen (secondary N) is 1. The van der Waals surface area contributed by atoms with Gasteiger partial charge >= 0.3 is 10.1 Å². The minimum absolute atomic E-state index is 0.0586.